The van der Waals surface area contributed by atoms with Gasteiger partial charge in [0, 0.05) is 12.7 Å². The smallest absolute Gasteiger partial charge is 0.337 e. The van der Waals surface area contributed by atoms with Crippen LogP contribution in [0.5, 0.6) is 0 Å². The zero-order valence-corrected chi connectivity index (χ0v) is 13.3. The van der Waals surface area contributed by atoms with E-state index in [2.05, 4.69) is 15.2 Å². The summed E-state index contributed by atoms with van der Waals surface area (Å²) in [6.45, 7) is 3.40. The number of hydrogen-bond donors (Lipinski definition) is 1. The molecule has 1 aromatic carbocycles. The Morgan fingerprint density at radius 2 is 1.96 bits per heavy atom. The highest BCUT2D eigenvalue weighted by molar-refractivity contribution is 6.05. The van der Waals surface area contributed by atoms with Crippen molar-refractivity contribution < 1.29 is 14.3 Å². The van der Waals surface area contributed by atoms with Gasteiger partial charge in [-0.25, -0.2) is 9.48 Å². The average molecular weight is 315 g/mol. The minimum Gasteiger partial charge on any atom is -0.465 e. The van der Waals surface area contributed by atoms with Crippen molar-refractivity contribution in [3.63, 3.8) is 0 Å². The lowest BCUT2D eigenvalue weighted by molar-refractivity contribution is 0.0600. The van der Waals surface area contributed by atoms with Crippen molar-refractivity contribution in [1.82, 2.24) is 9.78 Å². The molecule has 0 fully saturated rings. The largest absolute Gasteiger partial charge is 0.465 e. The number of aromatic nitrogens is 2. The number of aryl methyl sites for hydroxylation is 2. The monoisotopic (exact) mass is 315 g/mol. The van der Waals surface area contributed by atoms with E-state index in [1.54, 1.807) is 32.0 Å². The Kier molecular flexibility index (Phi) is 4.59. The van der Waals surface area contributed by atoms with Crippen LogP contribution in [-0.2, 0) is 11.8 Å². The number of amides is 1. The fraction of sp³-hybridized carbons (Fsp3) is 0.250. The summed E-state index contributed by atoms with van der Waals surface area (Å²) in [5.41, 5.74) is 1.38. The Hall–Kier alpha value is -2.96. The Morgan fingerprint density at radius 1 is 1.26 bits per heavy atom. The van der Waals surface area contributed by atoms with Gasteiger partial charge in [-0.15, -0.1) is 0 Å². The Balaban J connectivity index is 2.38. The molecule has 23 heavy (non-hydrogen) atoms. The fourth-order valence-corrected chi connectivity index (χ4v) is 2.15. The highest BCUT2D eigenvalue weighted by atomic mass is 16.5. The summed E-state index contributed by atoms with van der Waals surface area (Å²) in [5, 5.41) is 6.66. The molecule has 2 rings (SSSR count). The molecule has 0 aliphatic rings. The van der Waals surface area contributed by atoms with Crippen molar-refractivity contribution in [2.24, 2.45) is 7.05 Å². The minimum atomic E-state index is -0.546. The number of anilines is 1. The SMILES string of the molecule is COC(=O)c1cccc(NC(=O)c2c(C)c(C)nn(C)c2=O)c1. The fourth-order valence-electron chi connectivity index (χ4n) is 2.15. The molecular formula is C16H17N3O4. The van der Waals surface area contributed by atoms with E-state index in [0.29, 0.717) is 22.5 Å². The standard InChI is InChI=1S/C16H17N3O4/c1-9-10(2)18-19(3)15(21)13(9)14(20)17-12-7-5-6-11(8-12)16(22)23-4/h5-8H,1-4H3,(H,17,20). The second kappa shape index (κ2) is 6.43. The van der Waals surface area contributed by atoms with E-state index in [0.717, 1.165) is 4.68 Å². The van der Waals surface area contributed by atoms with Crippen molar-refractivity contribution in [2.75, 3.05) is 12.4 Å². The minimum absolute atomic E-state index is 0.0310. The predicted octanol–water partition coefficient (Wildman–Crippen LogP) is 1.44. The first-order valence-corrected chi connectivity index (χ1v) is 6.89. The van der Waals surface area contributed by atoms with E-state index in [1.165, 1.54) is 20.2 Å². The molecule has 0 spiro atoms. The van der Waals surface area contributed by atoms with Crippen LogP contribution in [0.15, 0.2) is 29.1 Å². The van der Waals surface area contributed by atoms with Gasteiger partial charge in [0.15, 0.2) is 0 Å². The average Bonchev–Trinajstić information content (AvgIpc) is 2.52. The maximum atomic E-state index is 12.4. The third kappa shape index (κ3) is 3.28. The number of hydrogen-bond acceptors (Lipinski definition) is 5. The molecule has 0 atom stereocenters. The molecule has 1 amide bonds. The molecule has 1 heterocycles. The van der Waals surface area contributed by atoms with Gasteiger partial charge in [0.2, 0.25) is 0 Å². The predicted molar refractivity (Wildman–Crippen MR) is 84.7 cm³/mol. The van der Waals surface area contributed by atoms with E-state index in [4.69, 9.17) is 0 Å². The van der Waals surface area contributed by atoms with Gasteiger partial charge in [-0.3, -0.25) is 9.59 Å². The summed E-state index contributed by atoms with van der Waals surface area (Å²) in [4.78, 5) is 36.1. The number of nitrogens with one attached hydrogen (secondary N) is 1. The van der Waals surface area contributed by atoms with Gasteiger partial charge in [0.05, 0.1) is 18.4 Å². The molecular weight excluding hydrogens is 298 g/mol. The lowest BCUT2D eigenvalue weighted by Crippen LogP contribution is -2.31. The molecule has 0 aliphatic carbocycles. The molecule has 7 heteroatoms. The van der Waals surface area contributed by atoms with E-state index in [9.17, 15) is 14.4 Å². The molecule has 0 saturated heterocycles. The van der Waals surface area contributed by atoms with Crippen LogP contribution in [0.3, 0.4) is 0 Å². The third-order valence-electron chi connectivity index (χ3n) is 3.49. The Labute approximate surface area is 132 Å². The number of ether oxygens (including phenoxy) is 1. The number of carbonyl (C=O) groups excluding carboxylic acids is 2. The number of esters is 1. The number of nitrogens with zero attached hydrogens (tertiary/aromatic N) is 2. The van der Waals surface area contributed by atoms with Gasteiger partial charge < -0.3 is 10.1 Å². The van der Waals surface area contributed by atoms with Crippen LogP contribution < -0.4 is 10.9 Å². The van der Waals surface area contributed by atoms with Crippen molar-refractivity contribution in [2.45, 2.75) is 13.8 Å². The summed E-state index contributed by atoms with van der Waals surface area (Å²) in [6, 6.07) is 6.29. The zero-order chi connectivity index (χ0) is 17.1. The van der Waals surface area contributed by atoms with Crippen molar-refractivity contribution in [1.29, 1.82) is 0 Å². The van der Waals surface area contributed by atoms with Gasteiger partial charge in [-0.2, -0.15) is 5.10 Å². The van der Waals surface area contributed by atoms with Crippen LogP contribution in [-0.4, -0.2) is 28.8 Å². The maximum absolute atomic E-state index is 12.4. The van der Waals surface area contributed by atoms with Crippen LogP contribution in [0.25, 0.3) is 0 Å². The van der Waals surface area contributed by atoms with E-state index in [1.807, 2.05) is 0 Å². The summed E-state index contributed by atoms with van der Waals surface area (Å²) in [7, 11) is 2.77. The normalized spacial score (nSPS) is 10.3. The molecule has 0 saturated carbocycles. The van der Waals surface area contributed by atoms with Gasteiger partial charge in [0.25, 0.3) is 11.5 Å². The van der Waals surface area contributed by atoms with E-state index >= 15 is 0 Å². The van der Waals surface area contributed by atoms with Crippen LogP contribution in [0.2, 0.25) is 0 Å². The molecule has 120 valence electrons. The van der Waals surface area contributed by atoms with Crippen molar-refractivity contribution in [3.05, 3.63) is 57.0 Å². The van der Waals surface area contributed by atoms with Crippen LogP contribution in [0, 0.1) is 13.8 Å². The quantitative estimate of drug-likeness (QED) is 0.865. The third-order valence-corrected chi connectivity index (χ3v) is 3.49. The lowest BCUT2D eigenvalue weighted by Gasteiger charge is -2.11. The molecule has 2 aromatic rings. The first kappa shape index (κ1) is 16.4. The molecule has 0 aliphatic heterocycles. The molecule has 7 nitrogen and oxygen atoms in total. The van der Waals surface area contributed by atoms with Crippen LogP contribution >= 0.6 is 0 Å². The first-order valence-electron chi connectivity index (χ1n) is 6.89. The summed E-state index contributed by atoms with van der Waals surface area (Å²) in [5.74, 6) is -1.05. The topological polar surface area (TPSA) is 90.3 Å². The summed E-state index contributed by atoms with van der Waals surface area (Å²) >= 11 is 0. The van der Waals surface area contributed by atoms with E-state index in [-0.39, 0.29) is 5.56 Å². The lowest BCUT2D eigenvalue weighted by atomic mass is 10.1. The van der Waals surface area contributed by atoms with Gasteiger partial charge in [-0.1, -0.05) is 6.07 Å². The number of methoxy groups -OCH3 is 1. The maximum Gasteiger partial charge on any atom is 0.337 e. The summed E-state index contributed by atoms with van der Waals surface area (Å²) in [6.07, 6.45) is 0. The van der Waals surface area contributed by atoms with Crippen molar-refractivity contribution in [3.8, 4) is 0 Å². The zero-order valence-electron chi connectivity index (χ0n) is 13.3. The number of rotatable bonds is 3. The first-order chi connectivity index (χ1) is 10.8. The number of benzene rings is 1. The van der Waals surface area contributed by atoms with Gasteiger partial charge >= 0.3 is 5.97 Å². The molecule has 0 bridgehead atoms. The Morgan fingerprint density at radius 3 is 2.61 bits per heavy atom. The molecule has 1 N–H and O–H groups in total. The second-order valence-electron chi connectivity index (χ2n) is 5.04. The van der Waals surface area contributed by atoms with Gasteiger partial charge in [-0.05, 0) is 37.6 Å². The Bertz CT molecular complexity index is 840. The number of carbonyl (C=O) groups is 2. The highest BCUT2D eigenvalue weighted by Crippen LogP contribution is 2.14. The van der Waals surface area contributed by atoms with Crippen molar-refractivity contribution >= 4 is 17.6 Å². The van der Waals surface area contributed by atoms with Crippen LogP contribution in [0.1, 0.15) is 32.0 Å². The van der Waals surface area contributed by atoms with Gasteiger partial charge in [0.1, 0.15) is 5.56 Å². The van der Waals surface area contributed by atoms with E-state index < -0.39 is 17.4 Å². The highest BCUT2D eigenvalue weighted by Gasteiger charge is 2.18. The molecule has 1 aromatic heterocycles. The molecule has 0 radical (unpaired) electrons. The van der Waals surface area contributed by atoms with Crippen LogP contribution in [0.4, 0.5) is 5.69 Å². The summed E-state index contributed by atoms with van der Waals surface area (Å²) < 4.78 is 5.76. The molecule has 0 unspecified atom stereocenters. The second-order valence-corrected chi connectivity index (χ2v) is 5.04.